The number of rotatable bonds is 1. The molecule has 0 aromatic heterocycles. The van der Waals surface area contributed by atoms with Crippen molar-refractivity contribution in [3.63, 3.8) is 0 Å². The minimum absolute atomic E-state index is 0.00748. The fourth-order valence-electron chi connectivity index (χ4n) is 2.23. The minimum atomic E-state index is 0.00748. The number of anilines is 2. The van der Waals surface area contributed by atoms with E-state index in [2.05, 4.69) is 13.8 Å². The molecule has 17 heavy (non-hydrogen) atoms. The van der Waals surface area contributed by atoms with Crippen molar-refractivity contribution >= 4 is 17.3 Å². The molecule has 0 bridgehead atoms. The van der Waals surface area contributed by atoms with Gasteiger partial charge in [0.1, 0.15) is 0 Å². The second kappa shape index (κ2) is 3.95. The lowest BCUT2D eigenvalue weighted by molar-refractivity contribution is 0.0779. The molecule has 4 heteroatoms. The predicted octanol–water partition coefficient (Wildman–Crippen LogP) is 1.72. The number of nitrogen functional groups attached to an aromatic ring is 2. The van der Waals surface area contributed by atoms with Crippen LogP contribution in [0.2, 0.25) is 0 Å². The van der Waals surface area contributed by atoms with Crippen LogP contribution >= 0.6 is 0 Å². The van der Waals surface area contributed by atoms with Gasteiger partial charge in [-0.15, -0.1) is 0 Å². The second-order valence-electron chi connectivity index (χ2n) is 5.49. The molecule has 1 aliphatic rings. The van der Waals surface area contributed by atoms with Crippen LogP contribution in [0.4, 0.5) is 11.4 Å². The Labute approximate surface area is 102 Å². The van der Waals surface area contributed by atoms with E-state index in [1.54, 1.807) is 18.2 Å². The lowest BCUT2D eigenvalue weighted by Gasteiger charge is -2.20. The van der Waals surface area contributed by atoms with Gasteiger partial charge in [0.15, 0.2) is 0 Å². The highest BCUT2D eigenvalue weighted by molar-refractivity contribution is 5.99. The van der Waals surface area contributed by atoms with Crippen LogP contribution in [-0.2, 0) is 0 Å². The molecule has 1 amide bonds. The molecule has 4 N–H and O–H groups in total. The van der Waals surface area contributed by atoms with Gasteiger partial charge in [-0.1, -0.05) is 13.8 Å². The van der Waals surface area contributed by atoms with Gasteiger partial charge >= 0.3 is 0 Å². The normalized spacial score (nSPS) is 18.4. The van der Waals surface area contributed by atoms with E-state index < -0.39 is 0 Å². The molecule has 1 aliphatic heterocycles. The van der Waals surface area contributed by atoms with Gasteiger partial charge in [0.2, 0.25) is 0 Å². The molecule has 0 saturated carbocycles. The molecule has 1 aromatic rings. The molecule has 0 unspecified atom stereocenters. The van der Waals surface area contributed by atoms with Crippen LogP contribution in [0.1, 0.15) is 30.6 Å². The van der Waals surface area contributed by atoms with Crippen molar-refractivity contribution < 1.29 is 4.79 Å². The fraction of sp³-hybridized carbons (Fsp3) is 0.462. The van der Waals surface area contributed by atoms with E-state index in [0.717, 1.165) is 19.5 Å². The predicted molar refractivity (Wildman–Crippen MR) is 69.6 cm³/mol. The smallest absolute Gasteiger partial charge is 0.255 e. The van der Waals surface area contributed by atoms with Crippen molar-refractivity contribution in [1.29, 1.82) is 0 Å². The molecular formula is C13H19N3O. The van der Waals surface area contributed by atoms with Crippen LogP contribution in [0.5, 0.6) is 0 Å². The van der Waals surface area contributed by atoms with E-state index in [4.69, 9.17) is 11.5 Å². The second-order valence-corrected chi connectivity index (χ2v) is 5.49. The Hall–Kier alpha value is -1.71. The number of amides is 1. The third-order valence-corrected chi connectivity index (χ3v) is 3.27. The van der Waals surface area contributed by atoms with Crippen molar-refractivity contribution in [2.45, 2.75) is 20.3 Å². The summed E-state index contributed by atoms with van der Waals surface area (Å²) in [6.07, 6.45) is 1.04. The standard InChI is InChI=1S/C13H19N3O/c1-13(2)5-6-16(8-13)12(17)10-4-3-9(14)7-11(10)15/h3-4,7H,5-6,8,14-15H2,1-2H3. The van der Waals surface area contributed by atoms with E-state index in [1.165, 1.54) is 0 Å². The number of nitrogens with zero attached hydrogens (tertiary/aromatic N) is 1. The van der Waals surface area contributed by atoms with Gasteiger partial charge in [0.25, 0.3) is 5.91 Å². The lowest BCUT2D eigenvalue weighted by atomic mass is 9.93. The Morgan fingerprint density at radius 3 is 2.59 bits per heavy atom. The molecule has 1 saturated heterocycles. The number of hydrogen-bond donors (Lipinski definition) is 2. The van der Waals surface area contributed by atoms with Crippen molar-refractivity contribution in [3.8, 4) is 0 Å². The largest absolute Gasteiger partial charge is 0.399 e. The molecule has 1 fully saturated rings. The average Bonchev–Trinajstić information content (AvgIpc) is 2.58. The van der Waals surface area contributed by atoms with Gasteiger partial charge in [0, 0.05) is 24.5 Å². The van der Waals surface area contributed by atoms with Gasteiger partial charge in [-0.3, -0.25) is 4.79 Å². The maximum absolute atomic E-state index is 12.3. The molecule has 92 valence electrons. The van der Waals surface area contributed by atoms with E-state index >= 15 is 0 Å². The molecule has 4 nitrogen and oxygen atoms in total. The Morgan fingerprint density at radius 1 is 1.35 bits per heavy atom. The van der Waals surface area contributed by atoms with Gasteiger partial charge in [-0.2, -0.15) is 0 Å². The van der Waals surface area contributed by atoms with E-state index in [9.17, 15) is 4.79 Å². The molecule has 0 aliphatic carbocycles. The molecule has 1 aromatic carbocycles. The zero-order chi connectivity index (χ0) is 12.6. The Kier molecular flexibility index (Phi) is 2.73. The van der Waals surface area contributed by atoms with Crippen LogP contribution in [0.15, 0.2) is 18.2 Å². The zero-order valence-corrected chi connectivity index (χ0v) is 10.4. The van der Waals surface area contributed by atoms with Gasteiger partial charge in [-0.25, -0.2) is 0 Å². The summed E-state index contributed by atoms with van der Waals surface area (Å²) in [7, 11) is 0. The average molecular weight is 233 g/mol. The van der Waals surface area contributed by atoms with E-state index in [-0.39, 0.29) is 11.3 Å². The van der Waals surface area contributed by atoms with Crippen LogP contribution in [0.25, 0.3) is 0 Å². The van der Waals surface area contributed by atoms with Crippen molar-refractivity contribution in [3.05, 3.63) is 23.8 Å². The third kappa shape index (κ3) is 2.35. The topological polar surface area (TPSA) is 72.3 Å². The highest BCUT2D eigenvalue weighted by Gasteiger charge is 2.32. The first kappa shape index (κ1) is 11.8. The Bertz CT molecular complexity index is 454. The van der Waals surface area contributed by atoms with Gasteiger partial charge in [0.05, 0.1) is 5.56 Å². The monoisotopic (exact) mass is 233 g/mol. The summed E-state index contributed by atoms with van der Waals surface area (Å²) >= 11 is 0. The molecule has 0 radical (unpaired) electrons. The first-order chi connectivity index (χ1) is 7.89. The van der Waals surface area contributed by atoms with Gasteiger partial charge in [-0.05, 0) is 30.0 Å². The molecule has 0 atom stereocenters. The van der Waals surface area contributed by atoms with E-state index in [0.29, 0.717) is 16.9 Å². The zero-order valence-electron chi connectivity index (χ0n) is 10.4. The number of nitrogens with two attached hydrogens (primary N) is 2. The first-order valence-corrected chi connectivity index (χ1v) is 5.83. The molecule has 0 spiro atoms. The number of likely N-dealkylation sites (tertiary alicyclic amines) is 1. The number of carbonyl (C=O) groups is 1. The quantitative estimate of drug-likeness (QED) is 0.725. The first-order valence-electron chi connectivity index (χ1n) is 5.83. The summed E-state index contributed by atoms with van der Waals surface area (Å²) in [6, 6.07) is 5.05. The van der Waals surface area contributed by atoms with Crippen LogP contribution in [0, 0.1) is 5.41 Å². The Morgan fingerprint density at radius 2 is 2.06 bits per heavy atom. The summed E-state index contributed by atoms with van der Waals surface area (Å²) < 4.78 is 0. The summed E-state index contributed by atoms with van der Waals surface area (Å²) in [6.45, 7) is 5.94. The molecule has 2 rings (SSSR count). The van der Waals surface area contributed by atoms with Crippen LogP contribution in [-0.4, -0.2) is 23.9 Å². The van der Waals surface area contributed by atoms with Crippen molar-refractivity contribution in [2.75, 3.05) is 24.6 Å². The minimum Gasteiger partial charge on any atom is -0.399 e. The maximum atomic E-state index is 12.3. The molecule has 1 heterocycles. The Balaban J connectivity index is 2.21. The number of hydrogen-bond acceptors (Lipinski definition) is 3. The summed E-state index contributed by atoms with van der Waals surface area (Å²) in [4.78, 5) is 14.1. The third-order valence-electron chi connectivity index (χ3n) is 3.27. The highest BCUT2D eigenvalue weighted by atomic mass is 16.2. The number of benzene rings is 1. The summed E-state index contributed by atoms with van der Waals surface area (Å²) in [5.74, 6) is 0.00748. The lowest BCUT2D eigenvalue weighted by Crippen LogP contribution is -2.30. The summed E-state index contributed by atoms with van der Waals surface area (Å²) in [5.41, 5.74) is 13.3. The summed E-state index contributed by atoms with van der Waals surface area (Å²) in [5, 5.41) is 0. The van der Waals surface area contributed by atoms with Gasteiger partial charge < -0.3 is 16.4 Å². The van der Waals surface area contributed by atoms with Crippen LogP contribution < -0.4 is 11.5 Å². The maximum Gasteiger partial charge on any atom is 0.255 e. The van der Waals surface area contributed by atoms with E-state index in [1.807, 2.05) is 4.90 Å². The van der Waals surface area contributed by atoms with Crippen molar-refractivity contribution in [2.24, 2.45) is 5.41 Å². The van der Waals surface area contributed by atoms with Crippen molar-refractivity contribution in [1.82, 2.24) is 4.90 Å². The molecular weight excluding hydrogens is 214 g/mol. The highest BCUT2D eigenvalue weighted by Crippen LogP contribution is 2.30. The SMILES string of the molecule is CC1(C)CCN(C(=O)c2ccc(N)cc2N)C1. The number of carbonyl (C=O) groups excluding carboxylic acids is 1. The fourth-order valence-corrected chi connectivity index (χ4v) is 2.23. The van der Waals surface area contributed by atoms with Crippen LogP contribution in [0.3, 0.4) is 0 Å².